The molecule has 0 bridgehead atoms. The van der Waals surface area contributed by atoms with E-state index in [9.17, 15) is 5.26 Å². The number of hydrogen-bond acceptors (Lipinski definition) is 3. The van der Waals surface area contributed by atoms with Crippen LogP contribution in [0.25, 0.3) is 66.6 Å². The van der Waals surface area contributed by atoms with Crippen LogP contribution in [0.5, 0.6) is 0 Å². The van der Waals surface area contributed by atoms with E-state index in [4.69, 9.17) is 9.97 Å². The van der Waals surface area contributed by atoms with Crippen molar-refractivity contribution in [2.75, 3.05) is 0 Å². The van der Waals surface area contributed by atoms with Gasteiger partial charge >= 0.3 is 0 Å². The maximum Gasteiger partial charge on any atom is 0.150 e. The molecule has 0 aliphatic rings. The van der Waals surface area contributed by atoms with Crippen molar-refractivity contribution in [3.05, 3.63) is 132 Å². The van der Waals surface area contributed by atoms with Crippen molar-refractivity contribution in [2.24, 2.45) is 0 Å². The number of pyridine rings is 2. The fourth-order valence-electron chi connectivity index (χ4n) is 6.05. The number of nitrogens with zero attached hydrogens (tertiary/aromatic N) is 5. The molecule has 0 fully saturated rings. The zero-order chi connectivity index (χ0) is 27.5. The van der Waals surface area contributed by atoms with E-state index in [2.05, 4.69) is 64.6 Å². The van der Waals surface area contributed by atoms with Crippen LogP contribution in [0.4, 0.5) is 0 Å². The molecular weight excluding hydrogens is 698 g/mol. The van der Waals surface area contributed by atoms with E-state index >= 15 is 0 Å². The predicted molar refractivity (Wildman–Crippen MR) is 164 cm³/mol. The zero-order valence-electron chi connectivity index (χ0n) is 22.5. The summed E-state index contributed by atoms with van der Waals surface area (Å²) in [6.07, 6.45) is 0. The molecule has 0 spiro atoms. The quantitative estimate of drug-likeness (QED) is 0.173. The summed E-state index contributed by atoms with van der Waals surface area (Å²) in [5.41, 5.74) is 7.98. The van der Waals surface area contributed by atoms with E-state index in [0.717, 1.165) is 66.6 Å². The van der Waals surface area contributed by atoms with E-state index in [0.29, 0.717) is 11.2 Å². The standard InChI is InChI=1S/C36H22N5.Pt/c1-23-12-5-6-15-25(23)29-18-11-21-32(38-29)41-31-20-10-8-17-27(31)34-28(22-37)33-26-16-7-9-19-30(26)40(35(33)39-36(34)41)24-13-3-2-4-14-24;/h2-13,15-21H,1H3;/q-1;. The van der Waals surface area contributed by atoms with Gasteiger partial charge in [0.2, 0.25) is 0 Å². The van der Waals surface area contributed by atoms with Crippen molar-refractivity contribution in [1.29, 1.82) is 5.26 Å². The van der Waals surface area contributed by atoms with Gasteiger partial charge in [-0.3, -0.25) is 4.57 Å². The molecule has 0 saturated carbocycles. The van der Waals surface area contributed by atoms with Gasteiger partial charge in [0.05, 0.1) is 22.3 Å². The summed E-state index contributed by atoms with van der Waals surface area (Å²) in [6, 6.07) is 44.5. The number of hydrogen-bond donors (Lipinski definition) is 0. The van der Waals surface area contributed by atoms with Crippen molar-refractivity contribution >= 4 is 43.9 Å². The monoisotopic (exact) mass is 719 g/mol. The van der Waals surface area contributed by atoms with Crippen LogP contribution in [0.1, 0.15) is 11.1 Å². The summed E-state index contributed by atoms with van der Waals surface area (Å²) in [5, 5.41) is 14.4. The first-order valence-corrected chi connectivity index (χ1v) is 13.5. The van der Waals surface area contributed by atoms with E-state index < -0.39 is 0 Å². The third-order valence-corrected chi connectivity index (χ3v) is 7.84. The molecule has 0 aliphatic heterocycles. The summed E-state index contributed by atoms with van der Waals surface area (Å²) in [6.45, 7) is 2.10. The number of aromatic nitrogens is 4. The predicted octanol–water partition coefficient (Wildman–Crippen LogP) is 8.32. The van der Waals surface area contributed by atoms with Crippen molar-refractivity contribution in [3.8, 4) is 28.8 Å². The maximum absolute atomic E-state index is 10.7. The van der Waals surface area contributed by atoms with Gasteiger partial charge < -0.3 is 4.57 Å². The number of fused-ring (bicyclic) bond motifs is 6. The Morgan fingerprint density at radius 3 is 2.00 bits per heavy atom. The SMILES string of the molecule is Cc1ccccc1-c1cccc(-n2c3ccccc3c3c(C#N)c4c5ccccc5n(-c5[c-]cccc5)c4nc32)n1.[Pt]. The number of nitriles is 1. The topological polar surface area (TPSA) is 59.4 Å². The first-order valence-electron chi connectivity index (χ1n) is 13.5. The van der Waals surface area contributed by atoms with Gasteiger partial charge in [-0.25, -0.2) is 9.97 Å². The summed E-state index contributed by atoms with van der Waals surface area (Å²) in [4.78, 5) is 10.5. The number of benzene rings is 4. The van der Waals surface area contributed by atoms with Gasteiger partial charge in [-0.05, 0) is 36.8 Å². The summed E-state index contributed by atoms with van der Waals surface area (Å²) in [7, 11) is 0. The van der Waals surface area contributed by atoms with Crippen LogP contribution in [0.15, 0.2) is 115 Å². The number of aryl methyl sites for hydroxylation is 1. The molecule has 42 heavy (non-hydrogen) atoms. The smallest absolute Gasteiger partial charge is 0.150 e. The minimum Gasteiger partial charge on any atom is -0.318 e. The van der Waals surface area contributed by atoms with Gasteiger partial charge in [-0.1, -0.05) is 72.4 Å². The molecule has 4 heterocycles. The molecule has 0 amide bonds. The molecule has 202 valence electrons. The van der Waals surface area contributed by atoms with Crippen molar-refractivity contribution < 1.29 is 21.1 Å². The van der Waals surface area contributed by atoms with Crippen molar-refractivity contribution in [2.45, 2.75) is 6.92 Å². The first-order chi connectivity index (χ1) is 20.2. The van der Waals surface area contributed by atoms with Crippen molar-refractivity contribution in [3.63, 3.8) is 0 Å². The van der Waals surface area contributed by atoms with Gasteiger partial charge in [0, 0.05) is 48.2 Å². The fraction of sp³-hybridized carbons (Fsp3) is 0.0278. The molecule has 0 saturated heterocycles. The average molecular weight is 720 g/mol. The molecule has 8 aromatic rings. The average Bonchev–Trinajstić information content (AvgIpc) is 3.53. The van der Waals surface area contributed by atoms with E-state index in [1.54, 1.807) is 0 Å². The van der Waals surface area contributed by atoms with Crippen LogP contribution >= 0.6 is 0 Å². The van der Waals surface area contributed by atoms with Crippen LogP contribution in [0.3, 0.4) is 0 Å². The Hall–Kier alpha value is -5.04. The van der Waals surface area contributed by atoms with Gasteiger partial charge in [0.25, 0.3) is 0 Å². The van der Waals surface area contributed by atoms with Crippen LogP contribution in [0.2, 0.25) is 0 Å². The zero-order valence-corrected chi connectivity index (χ0v) is 24.8. The van der Waals surface area contributed by atoms with Gasteiger partial charge in [0.15, 0.2) is 5.65 Å². The third kappa shape index (κ3) is 3.73. The molecule has 0 radical (unpaired) electrons. The molecule has 0 N–H and O–H groups in total. The van der Waals surface area contributed by atoms with E-state index in [1.165, 1.54) is 0 Å². The molecule has 0 aliphatic carbocycles. The molecule has 8 rings (SSSR count). The second kappa shape index (κ2) is 10.1. The van der Waals surface area contributed by atoms with Crippen LogP contribution < -0.4 is 0 Å². The van der Waals surface area contributed by atoms with Crippen LogP contribution in [-0.2, 0) is 21.1 Å². The number of rotatable bonds is 3. The minimum absolute atomic E-state index is 0. The Kier molecular flexibility index (Phi) is 6.23. The van der Waals surface area contributed by atoms with Gasteiger partial charge in [-0.2, -0.15) is 29.5 Å². The van der Waals surface area contributed by atoms with Crippen LogP contribution in [0, 0.1) is 24.3 Å². The molecule has 5 nitrogen and oxygen atoms in total. The fourth-order valence-corrected chi connectivity index (χ4v) is 6.05. The first kappa shape index (κ1) is 25.9. The Morgan fingerprint density at radius 1 is 0.667 bits per heavy atom. The second-order valence-electron chi connectivity index (χ2n) is 10.1. The van der Waals surface area contributed by atoms with Crippen LogP contribution in [-0.4, -0.2) is 19.1 Å². The minimum atomic E-state index is 0. The third-order valence-electron chi connectivity index (χ3n) is 7.84. The summed E-state index contributed by atoms with van der Waals surface area (Å²) < 4.78 is 4.19. The van der Waals surface area contributed by atoms with Gasteiger partial charge in [0.1, 0.15) is 17.5 Å². The summed E-state index contributed by atoms with van der Waals surface area (Å²) >= 11 is 0. The Labute approximate surface area is 256 Å². The van der Waals surface area contributed by atoms with Gasteiger partial charge in [-0.15, -0.1) is 6.07 Å². The Balaban J connectivity index is 0.00000288. The molecule has 0 unspecified atom stereocenters. The molecule has 4 aromatic carbocycles. The van der Waals surface area contributed by atoms with Crippen molar-refractivity contribution in [1.82, 2.24) is 19.1 Å². The van der Waals surface area contributed by atoms with E-state index in [1.807, 2.05) is 78.9 Å². The Morgan fingerprint density at radius 2 is 1.31 bits per heavy atom. The largest absolute Gasteiger partial charge is 0.318 e. The molecule has 0 atom stereocenters. The molecular formula is C36H22N5Pt-. The second-order valence-corrected chi connectivity index (χ2v) is 10.1. The molecule has 6 heteroatoms. The Bertz CT molecular complexity index is 2340. The maximum atomic E-state index is 10.7. The molecule has 4 aromatic heterocycles. The summed E-state index contributed by atoms with van der Waals surface area (Å²) in [5.74, 6) is 0.752. The van der Waals surface area contributed by atoms with E-state index in [-0.39, 0.29) is 21.1 Å². The number of para-hydroxylation sites is 3. The normalized spacial score (nSPS) is 11.2.